The van der Waals surface area contributed by atoms with Gasteiger partial charge in [0.05, 0.1) is 12.7 Å². The van der Waals surface area contributed by atoms with Crippen molar-refractivity contribution in [1.82, 2.24) is 9.59 Å². The maximum atomic E-state index is 9.02. The fourth-order valence-corrected chi connectivity index (χ4v) is 2.32. The minimum absolute atomic E-state index is 0.212. The minimum atomic E-state index is -0.671. The molecule has 1 heterocycles. The van der Waals surface area contributed by atoms with E-state index in [0.29, 0.717) is 15.8 Å². The van der Waals surface area contributed by atoms with Crippen molar-refractivity contribution in [2.75, 3.05) is 12.4 Å². The third kappa shape index (κ3) is 3.78. The van der Waals surface area contributed by atoms with Crippen molar-refractivity contribution in [3.63, 3.8) is 0 Å². The standard InChI is InChI=1S/C6H9ClN2O2S2/c7-6-5(8-9-13-6)3-12-2-4(11)1-10/h4,10-11H,1-3H2/t4-/m0/s1. The molecule has 0 saturated carbocycles. The molecule has 4 nitrogen and oxygen atoms in total. The average Bonchev–Trinajstić information content (AvgIpc) is 2.52. The van der Waals surface area contributed by atoms with Crippen molar-refractivity contribution in [3.05, 3.63) is 10.0 Å². The van der Waals surface area contributed by atoms with Gasteiger partial charge in [0.15, 0.2) is 0 Å². The van der Waals surface area contributed by atoms with Crippen LogP contribution in [-0.4, -0.2) is 38.3 Å². The van der Waals surface area contributed by atoms with Crippen LogP contribution in [0.1, 0.15) is 5.69 Å². The molecule has 0 amide bonds. The number of aromatic nitrogens is 2. The molecule has 0 radical (unpaired) electrons. The molecule has 1 aromatic rings. The largest absolute Gasteiger partial charge is 0.394 e. The molecule has 0 fully saturated rings. The molecule has 0 spiro atoms. The fraction of sp³-hybridized carbons (Fsp3) is 0.667. The zero-order valence-electron chi connectivity index (χ0n) is 6.68. The molecule has 0 aliphatic carbocycles. The van der Waals surface area contributed by atoms with Gasteiger partial charge in [0.1, 0.15) is 10.0 Å². The number of aliphatic hydroxyl groups is 2. The van der Waals surface area contributed by atoms with Gasteiger partial charge in [-0.05, 0) is 0 Å². The second kappa shape index (κ2) is 5.77. The van der Waals surface area contributed by atoms with Crippen LogP contribution in [0.4, 0.5) is 0 Å². The van der Waals surface area contributed by atoms with Crippen LogP contribution >= 0.6 is 34.9 Å². The summed E-state index contributed by atoms with van der Waals surface area (Å²) in [6.45, 7) is -0.212. The van der Waals surface area contributed by atoms with Crippen LogP contribution < -0.4 is 0 Å². The van der Waals surface area contributed by atoms with E-state index in [1.807, 2.05) is 0 Å². The second-order valence-electron chi connectivity index (χ2n) is 2.34. The van der Waals surface area contributed by atoms with E-state index in [1.165, 1.54) is 11.8 Å². The van der Waals surface area contributed by atoms with E-state index in [1.54, 1.807) is 0 Å². The highest BCUT2D eigenvalue weighted by molar-refractivity contribution is 7.98. The van der Waals surface area contributed by atoms with Crippen molar-refractivity contribution < 1.29 is 10.2 Å². The van der Waals surface area contributed by atoms with Crippen LogP contribution in [0.3, 0.4) is 0 Å². The Morgan fingerprint density at radius 2 is 2.38 bits per heavy atom. The van der Waals surface area contributed by atoms with Crippen LogP contribution in [0, 0.1) is 0 Å². The lowest BCUT2D eigenvalue weighted by Crippen LogP contribution is -2.14. The number of thioether (sulfide) groups is 1. The molecule has 7 heteroatoms. The number of rotatable bonds is 5. The van der Waals surface area contributed by atoms with Gasteiger partial charge in [-0.1, -0.05) is 16.1 Å². The van der Waals surface area contributed by atoms with Gasteiger partial charge in [-0.15, -0.1) is 5.10 Å². The van der Waals surface area contributed by atoms with Crippen molar-refractivity contribution in [2.45, 2.75) is 11.9 Å². The first-order valence-electron chi connectivity index (χ1n) is 3.57. The summed E-state index contributed by atoms with van der Waals surface area (Å²) in [4.78, 5) is 0. The first kappa shape index (κ1) is 11.2. The molecule has 2 N–H and O–H groups in total. The Morgan fingerprint density at radius 3 is 2.92 bits per heavy atom. The van der Waals surface area contributed by atoms with Crippen LogP contribution in [0.2, 0.25) is 4.34 Å². The second-order valence-corrected chi connectivity index (χ2v) is 4.73. The molecule has 74 valence electrons. The van der Waals surface area contributed by atoms with Crippen LogP contribution in [-0.2, 0) is 5.75 Å². The summed E-state index contributed by atoms with van der Waals surface area (Å²) in [5.74, 6) is 1.09. The Morgan fingerprint density at radius 1 is 1.62 bits per heavy atom. The van der Waals surface area contributed by atoms with Crippen LogP contribution in [0.15, 0.2) is 0 Å². The van der Waals surface area contributed by atoms with Gasteiger partial charge in [-0.3, -0.25) is 0 Å². The third-order valence-electron chi connectivity index (χ3n) is 1.27. The zero-order chi connectivity index (χ0) is 9.68. The van der Waals surface area contributed by atoms with E-state index in [-0.39, 0.29) is 6.61 Å². The van der Waals surface area contributed by atoms with Crippen molar-refractivity contribution in [3.8, 4) is 0 Å². The summed E-state index contributed by atoms with van der Waals surface area (Å²) in [7, 11) is 0. The normalized spacial score (nSPS) is 13.2. The molecule has 0 aromatic carbocycles. The predicted molar refractivity (Wildman–Crippen MR) is 54.2 cm³/mol. The van der Waals surface area contributed by atoms with E-state index in [0.717, 1.165) is 17.2 Å². The average molecular weight is 241 g/mol. The molecule has 13 heavy (non-hydrogen) atoms. The summed E-state index contributed by atoms with van der Waals surface area (Å²) in [5.41, 5.74) is 0.738. The summed E-state index contributed by atoms with van der Waals surface area (Å²) in [6, 6.07) is 0. The molecule has 0 unspecified atom stereocenters. The van der Waals surface area contributed by atoms with E-state index in [2.05, 4.69) is 9.59 Å². The number of aliphatic hydroxyl groups excluding tert-OH is 2. The van der Waals surface area contributed by atoms with Gasteiger partial charge in [0, 0.05) is 23.0 Å². The smallest absolute Gasteiger partial charge is 0.138 e. The third-order valence-corrected chi connectivity index (χ3v) is 3.35. The van der Waals surface area contributed by atoms with E-state index < -0.39 is 6.10 Å². The van der Waals surface area contributed by atoms with Crippen LogP contribution in [0.25, 0.3) is 0 Å². The van der Waals surface area contributed by atoms with Gasteiger partial charge in [-0.25, -0.2) is 0 Å². The zero-order valence-corrected chi connectivity index (χ0v) is 9.07. The van der Waals surface area contributed by atoms with Gasteiger partial charge in [0.2, 0.25) is 0 Å². The summed E-state index contributed by atoms with van der Waals surface area (Å²) in [6.07, 6.45) is -0.671. The minimum Gasteiger partial charge on any atom is -0.394 e. The molecule has 0 aliphatic rings. The fourth-order valence-electron chi connectivity index (χ4n) is 0.627. The number of halogens is 1. The summed E-state index contributed by atoms with van der Waals surface area (Å²) in [5, 5.41) is 21.4. The highest BCUT2D eigenvalue weighted by atomic mass is 35.5. The van der Waals surface area contributed by atoms with E-state index in [4.69, 9.17) is 21.8 Å². The predicted octanol–water partition coefficient (Wildman–Crippen LogP) is 0.778. The summed E-state index contributed by atoms with van der Waals surface area (Å²) < 4.78 is 4.26. The lowest BCUT2D eigenvalue weighted by Gasteiger charge is -2.04. The van der Waals surface area contributed by atoms with E-state index >= 15 is 0 Å². The highest BCUT2D eigenvalue weighted by Gasteiger charge is 2.07. The molecular weight excluding hydrogens is 232 g/mol. The van der Waals surface area contributed by atoms with Gasteiger partial charge >= 0.3 is 0 Å². The molecule has 1 aromatic heterocycles. The van der Waals surface area contributed by atoms with Crippen molar-refractivity contribution >= 4 is 34.9 Å². The SMILES string of the molecule is OC[C@H](O)CSCc1nnsc1Cl. The van der Waals surface area contributed by atoms with Gasteiger partial charge < -0.3 is 10.2 Å². The van der Waals surface area contributed by atoms with Crippen molar-refractivity contribution in [1.29, 1.82) is 0 Å². The molecule has 0 aliphatic heterocycles. The Bertz CT molecular complexity index is 259. The summed E-state index contributed by atoms with van der Waals surface area (Å²) >= 11 is 8.37. The molecule has 0 bridgehead atoms. The Labute approximate surface area is 89.1 Å². The Balaban J connectivity index is 2.24. The molecular formula is C6H9ClN2O2S2. The van der Waals surface area contributed by atoms with Gasteiger partial charge in [-0.2, -0.15) is 11.8 Å². The Kier molecular flexibility index (Phi) is 4.97. The first-order chi connectivity index (χ1) is 6.24. The van der Waals surface area contributed by atoms with E-state index in [9.17, 15) is 0 Å². The van der Waals surface area contributed by atoms with Gasteiger partial charge in [0.25, 0.3) is 0 Å². The Hall–Kier alpha value is 0.120. The lowest BCUT2D eigenvalue weighted by atomic mass is 10.4. The monoisotopic (exact) mass is 240 g/mol. The number of hydrogen-bond acceptors (Lipinski definition) is 6. The first-order valence-corrected chi connectivity index (χ1v) is 5.88. The maximum absolute atomic E-state index is 9.02. The quantitative estimate of drug-likeness (QED) is 0.796. The topological polar surface area (TPSA) is 66.2 Å². The number of hydrogen-bond donors (Lipinski definition) is 2. The highest BCUT2D eigenvalue weighted by Crippen LogP contribution is 2.22. The number of nitrogens with zero attached hydrogens (tertiary/aromatic N) is 2. The lowest BCUT2D eigenvalue weighted by molar-refractivity contribution is 0.113. The molecule has 1 atom stereocenters. The van der Waals surface area contributed by atoms with Crippen molar-refractivity contribution in [2.24, 2.45) is 0 Å². The molecule has 0 saturated heterocycles. The maximum Gasteiger partial charge on any atom is 0.138 e. The molecule has 1 rings (SSSR count). The van der Waals surface area contributed by atoms with Crippen LogP contribution in [0.5, 0.6) is 0 Å².